The molecule has 0 aliphatic heterocycles. The molecule has 3 aromatic carbocycles. The summed E-state index contributed by atoms with van der Waals surface area (Å²) in [6.45, 7) is 13.8. The number of aromatic nitrogens is 1. The maximum atomic E-state index is 5.07. The molecular weight excluding hydrogens is 382 g/mol. The first-order valence-corrected chi connectivity index (χ1v) is 12.0. The summed E-state index contributed by atoms with van der Waals surface area (Å²) in [6.07, 6.45) is 2.17. The number of nitrogens with zero attached hydrogens (tertiary/aromatic N) is 1. The van der Waals surface area contributed by atoms with Gasteiger partial charge < -0.3 is 0 Å². The SMILES string of the molecule is CCc1ccc2ccc(C(C)CC(C)(C)c3nc4cc(C(C)C)ccc4s3)cc2c1. The largest absolute Gasteiger partial charge is 0.241 e. The van der Waals surface area contributed by atoms with Gasteiger partial charge in [-0.3, -0.25) is 0 Å². The molecule has 1 atom stereocenters. The molecule has 0 radical (unpaired) electrons. The zero-order valence-electron chi connectivity index (χ0n) is 19.1. The minimum absolute atomic E-state index is 0.0430. The average Bonchev–Trinajstić information content (AvgIpc) is 3.17. The van der Waals surface area contributed by atoms with Crippen LogP contribution >= 0.6 is 11.3 Å². The van der Waals surface area contributed by atoms with Crippen LogP contribution in [0.2, 0.25) is 0 Å². The van der Waals surface area contributed by atoms with E-state index in [1.807, 2.05) is 11.3 Å². The summed E-state index contributed by atoms with van der Waals surface area (Å²) in [4.78, 5) is 5.07. The van der Waals surface area contributed by atoms with Crippen molar-refractivity contribution in [3.8, 4) is 0 Å². The van der Waals surface area contributed by atoms with E-state index in [0.717, 1.165) is 18.4 Å². The summed E-state index contributed by atoms with van der Waals surface area (Å²) in [7, 11) is 0. The standard InChI is InChI=1S/C28H33NS/c1-7-20-8-9-21-10-11-23(15-24(21)14-20)19(4)17-28(5,6)27-29-25-16-22(18(2)3)12-13-26(25)30-27/h8-16,18-19H,7,17H2,1-6H3. The molecule has 0 fully saturated rings. The lowest BCUT2D eigenvalue weighted by molar-refractivity contribution is 0.437. The molecule has 0 saturated heterocycles. The van der Waals surface area contributed by atoms with Gasteiger partial charge in [0.05, 0.1) is 15.2 Å². The maximum absolute atomic E-state index is 5.07. The van der Waals surface area contributed by atoms with Crippen LogP contribution in [0.15, 0.2) is 54.6 Å². The molecule has 4 rings (SSSR count). The van der Waals surface area contributed by atoms with Crippen molar-refractivity contribution < 1.29 is 0 Å². The predicted molar refractivity (Wildman–Crippen MR) is 133 cm³/mol. The normalized spacial score (nSPS) is 13.4. The Labute approximate surface area is 185 Å². The van der Waals surface area contributed by atoms with E-state index in [1.165, 1.54) is 37.2 Å². The highest BCUT2D eigenvalue weighted by molar-refractivity contribution is 7.18. The third-order valence-electron chi connectivity index (χ3n) is 6.38. The quantitative estimate of drug-likeness (QED) is 0.307. The average molecular weight is 416 g/mol. The number of fused-ring (bicyclic) bond motifs is 2. The van der Waals surface area contributed by atoms with E-state index in [2.05, 4.69) is 96.1 Å². The van der Waals surface area contributed by atoms with E-state index in [-0.39, 0.29) is 5.41 Å². The van der Waals surface area contributed by atoms with E-state index < -0.39 is 0 Å². The van der Waals surface area contributed by atoms with Gasteiger partial charge in [0.1, 0.15) is 0 Å². The number of benzene rings is 3. The van der Waals surface area contributed by atoms with Crippen LogP contribution in [0.1, 0.15) is 81.5 Å². The lowest BCUT2D eigenvalue weighted by Gasteiger charge is -2.26. The van der Waals surface area contributed by atoms with Gasteiger partial charge in [0.15, 0.2) is 0 Å². The summed E-state index contributed by atoms with van der Waals surface area (Å²) in [5, 5.41) is 3.94. The lowest BCUT2D eigenvalue weighted by Crippen LogP contribution is -2.19. The van der Waals surface area contributed by atoms with Gasteiger partial charge in [0, 0.05) is 5.41 Å². The Balaban J connectivity index is 1.60. The summed E-state index contributed by atoms with van der Waals surface area (Å²) in [5.74, 6) is 1.02. The molecule has 0 spiro atoms. The molecule has 0 N–H and O–H groups in total. The van der Waals surface area contributed by atoms with Crippen molar-refractivity contribution >= 4 is 32.3 Å². The Bertz CT molecular complexity index is 1180. The van der Waals surface area contributed by atoms with E-state index in [4.69, 9.17) is 4.98 Å². The van der Waals surface area contributed by atoms with Crippen molar-refractivity contribution in [2.75, 3.05) is 0 Å². The molecule has 0 amide bonds. The molecule has 1 heterocycles. The van der Waals surface area contributed by atoms with Crippen LogP contribution in [0.3, 0.4) is 0 Å². The molecule has 0 bridgehead atoms. The summed E-state index contributed by atoms with van der Waals surface area (Å²) in [5.41, 5.74) is 5.39. The van der Waals surface area contributed by atoms with Crippen LogP contribution in [0.4, 0.5) is 0 Å². The van der Waals surface area contributed by atoms with Crippen LogP contribution in [-0.2, 0) is 11.8 Å². The molecule has 1 aromatic heterocycles. The fraction of sp³-hybridized carbons (Fsp3) is 0.393. The van der Waals surface area contributed by atoms with Crippen LogP contribution < -0.4 is 0 Å². The highest BCUT2D eigenvalue weighted by Gasteiger charge is 2.28. The number of thiazole rings is 1. The molecule has 4 aromatic rings. The van der Waals surface area contributed by atoms with Gasteiger partial charge >= 0.3 is 0 Å². The number of aryl methyl sites for hydroxylation is 1. The van der Waals surface area contributed by atoms with Gasteiger partial charge in [0.2, 0.25) is 0 Å². The lowest BCUT2D eigenvalue weighted by atomic mass is 9.81. The summed E-state index contributed by atoms with van der Waals surface area (Å²) < 4.78 is 1.30. The molecule has 156 valence electrons. The van der Waals surface area contributed by atoms with E-state index in [9.17, 15) is 0 Å². The second-order valence-corrected chi connectivity index (χ2v) is 10.7. The van der Waals surface area contributed by atoms with Crippen molar-refractivity contribution in [1.29, 1.82) is 0 Å². The van der Waals surface area contributed by atoms with Crippen molar-refractivity contribution in [1.82, 2.24) is 4.98 Å². The topological polar surface area (TPSA) is 12.9 Å². The second-order valence-electron chi connectivity index (χ2n) is 9.68. The maximum Gasteiger partial charge on any atom is 0.0995 e. The second kappa shape index (κ2) is 8.15. The van der Waals surface area contributed by atoms with Crippen molar-refractivity contribution in [2.24, 2.45) is 0 Å². The van der Waals surface area contributed by atoms with Gasteiger partial charge in [-0.2, -0.15) is 0 Å². The monoisotopic (exact) mass is 415 g/mol. The van der Waals surface area contributed by atoms with Gasteiger partial charge in [-0.1, -0.05) is 84.0 Å². The number of hydrogen-bond donors (Lipinski definition) is 0. The molecule has 30 heavy (non-hydrogen) atoms. The molecule has 0 aliphatic carbocycles. The van der Waals surface area contributed by atoms with E-state index >= 15 is 0 Å². The van der Waals surface area contributed by atoms with Gasteiger partial charge in [-0.25, -0.2) is 4.98 Å². The predicted octanol–water partition coefficient (Wildman–Crippen LogP) is 8.61. The minimum atomic E-state index is 0.0430. The van der Waals surface area contributed by atoms with Crippen molar-refractivity contribution in [3.63, 3.8) is 0 Å². The third kappa shape index (κ3) is 4.16. The van der Waals surface area contributed by atoms with E-state index in [0.29, 0.717) is 11.8 Å². The van der Waals surface area contributed by atoms with Crippen molar-refractivity contribution in [3.05, 3.63) is 76.3 Å². The summed E-state index contributed by atoms with van der Waals surface area (Å²) >= 11 is 1.86. The molecule has 1 unspecified atom stereocenters. The van der Waals surface area contributed by atoms with E-state index in [1.54, 1.807) is 0 Å². The fourth-order valence-electron chi connectivity index (χ4n) is 4.40. The fourth-order valence-corrected chi connectivity index (χ4v) is 5.46. The molecular formula is C28H33NS. The Morgan fingerprint density at radius 2 is 1.60 bits per heavy atom. The van der Waals surface area contributed by atoms with Crippen LogP contribution in [0.25, 0.3) is 21.0 Å². The summed E-state index contributed by atoms with van der Waals surface area (Å²) in [6, 6.07) is 20.6. The Kier molecular flexibility index (Phi) is 5.72. The first kappa shape index (κ1) is 21.1. The first-order chi connectivity index (χ1) is 14.3. The molecule has 2 heteroatoms. The smallest absolute Gasteiger partial charge is 0.0995 e. The Hall–Kier alpha value is -2.19. The number of hydrogen-bond acceptors (Lipinski definition) is 2. The van der Waals surface area contributed by atoms with Gasteiger partial charge in [-0.15, -0.1) is 11.3 Å². The minimum Gasteiger partial charge on any atom is -0.241 e. The van der Waals surface area contributed by atoms with Crippen LogP contribution in [0.5, 0.6) is 0 Å². The molecule has 1 nitrogen and oxygen atoms in total. The Morgan fingerprint density at radius 3 is 2.33 bits per heavy atom. The van der Waals surface area contributed by atoms with Crippen molar-refractivity contribution in [2.45, 2.75) is 71.6 Å². The van der Waals surface area contributed by atoms with Crippen LogP contribution in [0, 0.1) is 0 Å². The highest BCUT2D eigenvalue weighted by Crippen LogP contribution is 2.39. The number of rotatable bonds is 6. The highest BCUT2D eigenvalue weighted by atomic mass is 32.1. The zero-order valence-corrected chi connectivity index (χ0v) is 19.9. The van der Waals surface area contributed by atoms with Crippen LogP contribution in [-0.4, -0.2) is 4.98 Å². The molecule has 0 aliphatic rings. The third-order valence-corrected chi connectivity index (χ3v) is 7.78. The zero-order chi connectivity index (χ0) is 21.5. The van der Waals surface area contributed by atoms with Gasteiger partial charge in [0.25, 0.3) is 0 Å². The van der Waals surface area contributed by atoms with Gasteiger partial charge in [-0.05, 0) is 64.3 Å². The Morgan fingerprint density at radius 1 is 0.867 bits per heavy atom. The first-order valence-electron chi connectivity index (χ1n) is 11.2. The molecule has 0 saturated carbocycles.